The third-order valence-corrected chi connectivity index (χ3v) is 4.54. The summed E-state index contributed by atoms with van der Waals surface area (Å²) >= 11 is 0. The zero-order valence-corrected chi connectivity index (χ0v) is 14.2. The lowest BCUT2D eigenvalue weighted by atomic mass is 9.94. The molecule has 26 heavy (non-hydrogen) atoms. The van der Waals surface area contributed by atoms with E-state index in [0.29, 0.717) is 6.61 Å². The highest BCUT2D eigenvalue weighted by atomic mass is 16.7. The summed E-state index contributed by atoms with van der Waals surface area (Å²) in [5, 5.41) is 15.6. The van der Waals surface area contributed by atoms with E-state index in [1.165, 1.54) is 30.7 Å². The fraction of sp³-hybridized carbons (Fsp3) is 0.529. The van der Waals surface area contributed by atoms with Crippen molar-refractivity contribution in [2.75, 3.05) is 18.5 Å². The third-order valence-electron chi connectivity index (χ3n) is 4.54. The Morgan fingerprint density at radius 3 is 2.73 bits per heavy atom. The molecule has 1 atom stereocenters. The molecule has 0 radical (unpaired) electrons. The first-order valence-corrected chi connectivity index (χ1v) is 8.63. The van der Waals surface area contributed by atoms with Gasteiger partial charge in [-0.2, -0.15) is 0 Å². The normalized spacial score (nSPS) is 21.3. The lowest BCUT2D eigenvalue weighted by molar-refractivity contribution is -0.384. The molecule has 1 spiro atoms. The molecule has 2 amide bonds. The number of ether oxygens (including phenoxy) is 2. The van der Waals surface area contributed by atoms with E-state index in [1.54, 1.807) is 0 Å². The van der Waals surface area contributed by atoms with Crippen molar-refractivity contribution < 1.29 is 24.0 Å². The van der Waals surface area contributed by atoms with Crippen LogP contribution in [0.15, 0.2) is 24.3 Å². The average molecular weight is 363 g/mol. The second kappa shape index (κ2) is 7.79. The van der Waals surface area contributed by atoms with E-state index in [0.717, 1.165) is 25.7 Å². The molecule has 9 heteroatoms. The van der Waals surface area contributed by atoms with E-state index in [1.807, 2.05) is 0 Å². The Labute approximate surface area is 150 Å². The Morgan fingerprint density at radius 2 is 2.00 bits per heavy atom. The minimum atomic E-state index is -0.892. The highest BCUT2D eigenvalue weighted by molar-refractivity contribution is 6.39. The van der Waals surface area contributed by atoms with Gasteiger partial charge in [-0.3, -0.25) is 19.7 Å². The van der Waals surface area contributed by atoms with Crippen molar-refractivity contribution in [3.05, 3.63) is 34.4 Å². The van der Waals surface area contributed by atoms with Gasteiger partial charge < -0.3 is 20.1 Å². The number of amides is 2. The number of benzene rings is 1. The summed E-state index contributed by atoms with van der Waals surface area (Å²) in [6, 6.07) is 5.39. The van der Waals surface area contributed by atoms with E-state index >= 15 is 0 Å². The molecule has 1 aromatic carbocycles. The predicted molar refractivity (Wildman–Crippen MR) is 91.4 cm³/mol. The fourth-order valence-electron chi connectivity index (χ4n) is 3.24. The number of nitro groups is 1. The standard InChI is InChI=1S/C17H21N3O6/c21-15(16(22)19-12-5-4-6-13(9-12)20(23)24)18-10-14-11-25-17(26-14)7-2-1-3-8-17/h4-6,9,14H,1-3,7-8,10-11H2,(H,18,21)(H,19,22)/t14-/m1/s1. The summed E-state index contributed by atoms with van der Waals surface area (Å²) in [4.78, 5) is 34.0. The van der Waals surface area contributed by atoms with Crippen LogP contribution in [-0.2, 0) is 19.1 Å². The van der Waals surface area contributed by atoms with Crippen LogP contribution >= 0.6 is 0 Å². The summed E-state index contributed by atoms with van der Waals surface area (Å²) in [5.74, 6) is -2.25. The van der Waals surface area contributed by atoms with Crippen molar-refractivity contribution >= 4 is 23.2 Å². The number of non-ortho nitro benzene ring substituents is 1. The van der Waals surface area contributed by atoms with Crippen LogP contribution in [0.5, 0.6) is 0 Å². The maximum absolute atomic E-state index is 11.9. The molecule has 0 aromatic heterocycles. The molecule has 1 saturated carbocycles. The van der Waals surface area contributed by atoms with Gasteiger partial charge in [0, 0.05) is 37.2 Å². The predicted octanol–water partition coefficient (Wildman–Crippen LogP) is 1.73. The molecule has 9 nitrogen and oxygen atoms in total. The Bertz CT molecular complexity index is 701. The number of nitro benzene ring substituents is 1. The van der Waals surface area contributed by atoms with E-state index in [-0.39, 0.29) is 24.0 Å². The first-order valence-electron chi connectivity index (χ1n) is 8.63. The molecule has 3 rings (SSSR count). The van der Waals surface area contributed by atoms with Crippen LogP contribution in [0.3, 0.4) is 0 Å². The van der Waals surface area contributed by atoms with Crippen molar-refractivity contribution in [2.24, 2.45) is 0 Å². The number of hydrogen-bond acceptors (Lipinski definition) is 6. The smallest absolute Gasteiger partial charge is 0.313 e. The number of carbonyl (C=O) groups excluding carboxylic acids is 2. The minimum absolute atomic E-state index is 0.169. The first-order chi connectivity index (χ1) is 12.5. The molecule has 0 unspecified atom stereocenters. The summed E-state index contributed by atoms with van der Waals surface area (Å²) in [6.07, 6.45) is 4.71. The lowest BCUT2D eigenvalue weighted by Crippen LogP contribution is -2.41. The zero-order valence-electron chi connectivity index (χ0n) is 14.2. The van der Waals surface area contributed by atoms with Gasteiger partial charge in [0.15, 0.2) is 5.79 Å². The van der Waals surface area contributed by atoms with E-state index < -0.39 is 22.5 Å². The van der Waals surface area contributed by atoms with Crippen LogP contribution in [0.1, 0.15) is 32.1 Å². The van der Waals surface area contributed by atoms with Gasteiger partial charge in [-0.15, -0.1) is 0 Å². The van der Waals surface area contributed by atoms with Gasteiger partial charge in [-0.05, 0) is 18.9 Å². The Hall–Kier alpha value is -2.52. The molecule has 1 aliphatic heterocycles. The van der Waals surface area contributed by atoms with E-state index in [2.05, 4.69) is 10.6 Å². The lowest BCUT2D eigenvalue weighted by Gasteiger charge is -2.31. The molecule has 0 bridgehead atoms. The third kappa shape index (κ3) is 4.36. The van der Waals surface area contributed by atoms with Gasteiger partial charge in [-0.25, -0.2) is 0 Å². The SMILES string of the molecule is O=C(NC[C@@H]1COC2(CCCCC2)O1)C(=O)Nc1cccc([N+](=O)[O-])c1. The summed E-state index contributed by atoms with van der Waals surface area (Å²) in [7, 11) is 0. The van der Waals surface area contributed by atoms with Crippen LogP contribution in [0, 0.1) is 10.1 Å². The van der Waals surface area contributed by atoms with Gasteiger partial charge >= 0.3 is 11.8 Å². The summed E-state index contributed by atoms with van der Waals surface area (Å²) < 4.78 is 11.7. The molecule has 2 aliphatic rings. The number of hydrogen-bond donors (Lipinski definition) is 2. The average Bonchev–Trinajstić information content (AvgIpc) is 3.02. The molecule has 1 saturated heterocycles. The molecule has 140 valence electrons. The van der Waals surface area contributed by atoms with Gasteiger partial charge in [0.25, 0.3) is 5.69 Å². The summed E-state index contributed by atoms with van der Waals surface area (Å²) in [6.45, 7) is 0.551. The van der Waals surface area contributed by atoms with Crippen molar-refractivity contribution in [1.82, 2.24) is 5.32 Å². The monoisotopic (exact) mass is 363 g/mol. The van der Waals surface area contributed by atoms with Gasteiger partial charge in [0.1, 0.15) is 6.10 Å². The molecular formula is C17H21N3O6. The Balaban J connectivity index is 1.47. The number of nitrogens with one attached hydrogen (secondary N) is 2. The minimum Gasteiger partial charge on any atom is -0.347 e. The van der Waals surface area contributed by atoms with Gasteiger partial charge in [-0.1, -0.05) is 12.5 Å². The van der Waals surface area contributed by atoms with Crippen molar-refractivity contribution in [3.8, 4) is 0 Å². The highest BCUT2D eigenvalue weighted by Gasteiger charge is 2.42. The van der Waals surface area contributed by atoms with Gasteiger partial charge in [0.05, 0.1) is 11.5 Å². The maximum atomic E-state index is 11.9. The first kappa shape index (κ1) is 18.3. The molecule has 1 aromatic rings. The van der Waals surface area contributed by atoms with Crippen LogP contribution < -0.4 is 10.6 Å². The Kier molecular flexibility index (Phi) is 5.48. The number of carbonyl (C=O) groups is 2. The summed E-state index contributed by atoms with van der Waals surface area (Å²) in [5.41, 5.74) is 0.0125. The molecule has 1 aliphatic carbocycles. The van der Waals surface area contributed by atoms with E-state index in [4.69, 9.17) is 9.47 Å². The van der Waals surface area contributed by atoms with Crippen LogP contribution in [0.2, 0.25) is 0 Å². The second-order valence-electron chi connectivity index (χ2n) is 6.49. The second-order valence-corrected chi connectivity index (χ2v) is 6.49. The fourth-order valence-corrected chi connectivity index (χ4v) is 3.24. The van der Waals surface area contributed by atoms with Gasteiger partial charge in [0.2, 0.25) is 0 Å². The number of nitrogens with zero attached hydrogens (tertiary/aromatic N) is 1. The van der Waals surface area contributed by atoms with Crippen molar-refractivity contribution in [1.29, 1.82) is 0 Å². The number of rotatable bonds is 4. The molecule has 2 N–H and O–H groups in total. The van der Waals surface area contributed by atoms with Crippen molar-refractivity contribution in [2.45, 2.75) is 44.0 Å². The molecular weight excluding hydrogens is 342 g/mol. The van der Waals surface area contributed by atoms with Crippen molar-refractivity contribution in [3.63, 3.8) is 0 Å². The van der Waals surface area contributed by atoms with Crippen LogP contribution in [0.25, 0.3) is 0 Å². The van der Waals surface area contributed by atoms with Crippen LogP contribution in [-0.4, -0.2) is 41.8 Å². The number of anilines is 1. The zero-order chi connectivity index (χ0) is 18.6. The molecule has 2 fully saturated rings. The largest absolute Gasteiger partial charge is 0.347 e. The maximum Gasteiger partial charge on any atom is 0.313 e. The topological polar surface area (TPSA) is 120 Å². The highest BCUT2D eigenvalue weighted by Crippen LogP contribution is 2.37. The van der Waals surface area contributed by atoms with E-state index in [9.17, 15) is 19.7 Å². The quantitative estimate of drug-likeness (QED) is 0.477. The van der Waals surface area contributed by atoms with Crippen LogP contribution in [0.4, 0.5) is 11.4 Å². The molecule has 1 heterocycles. The Morgan fingerprint density at radius 1 is 1.23 bits per heavy atom.